The first-order valence-electron chi connectivity index (χ1n) is 9.60. The molecule has 0 unspecified atom stereocenters. The van der Waals surface area contributed by atoms with Crippen LogP contribution in [0.25, 0.3) is 0 Å². The number of rotatable bonds is 5. The van der Waals surface area contributed by atoms with E-state index in [9.17, 15) is 9.59 Å². The fourth-order valence-corrected chi connectivity index (χ4v) is 3.52. The topological polar surface area (TPSA) is 91.7 Å². The van der Waals surface area contributed by atoms with Gasteiger partial charge in [-0.3, -0.25) is 9.69 Å². The van der Waals surface area contributed by atoms with Crippen molar-refractivity contribution < 1.29 is 18.8 Å². The zero-order valence-electron chi connectivity index (χ0n) is 17.2. The molecule has 1 aliphatic rings. The molecule has 152 valence electrons. The Kier molecular flexibility index (Phi) is 5.88. The Morgan fingerprint density at radius 1 is 1.21 bits per heavy atom. The lowest BCUT2D eigenvalue weighted by Gasteiger charge is -2.34. The summed E-state index contributed by atoms with van der Waals surface area (Å²) in [7, 11) is 0. The van der Waals surface area contributed by atoms with Crippen LogP contribution < -0.4 is 0 Å². The van der Waals surface area contributed by atoms with Crippen molar-refractivity contribution in [2.45, 2.75) is 47.3 Å². The van der Waals surface area contributed by atoms with Gasteiger partial charge in [-0.05, 0) is 40.2 Å². The van der Waals surface area contributed by atoms with E-state index in [1.54, 1.807) is 27.7 Å². The fraction of sp³-hybridized carbons (Fsp3) is 0.550. The van der Waals surface area contributed by atoms with Gasteiger partial charge >= 0.3 is 5.97 Å². The van der Waals surface area contributed by atoms with Crippen LogP contribution >= 0.6 is 0 Å². The van der Waals surface area contributed by atoms with Gasteiger partial charge in [0, 0.05) is 37.9 Å². The Balaban J connectivity index is 1.64. The van der Waals surface area contributed by atoms with Gasteiger partial charge in [0.15, 0.2) is 5.76 Å². The van der Waals surface area contributed by atoms with Crippen molar-refractivity contribution in [2.75, 3.05) is 26.2 Å². The molecule has 1 saturated heterocycles. The molecule has 28 heavy (non-hydrogen) atoms. The van der Waals surface area contributed by atoms with Crippen LogP contribution in [0.5, 0.6) is 0 Å². The number of esters is 1. The van der Waals surface area contributed by atoms with Gasteiger partial charge in [-0.15, -0.1) is 0 Å². The average molecular weight is 388 g/mol. The maximum atomic E-state index is 13.0. The third kappa shape index (κ3) is 4.27. The lowest BCUT2D eigenvalue weighted by Crippen LogP contribution is -2.48. The largest absolute Gasteiger partial charge is 0.459 e. The predicted octanol–water partition coefficient (Wildman–Crippen LogP) is 2.45. The molecule has 3 heterocycles. The summed E-state index contributed by atoms with van der Waals surface area (Å²) in [6, 6.07) is 1.93. The molecule has 3 rings (SSSR count). The summed E-state index contributed by atoms with van der Waals surface area (Å²) >= 11 is 0. The third-order valence-corrected chi connectivity index (χ3v) is 4.91. The van der Waals surface area contributed by atoms with Gasteiger partial charge in [0.25, 0.3) is 5.91 Å². The summed E-state index contributed by atoms with van der Waals surface area (Å²) in [6.45, 7) is 12.5. The highest BCUT2D eigenvalue weighted by atomic mass is 16.5. The van der Waals surface area contributed by atoms with Gasteiger partial charge in [-0.2, -0.15) is 0 Å². The fourth-order valence-electron chi connectivity index (χ4n) is 3.52. The maximum absolute atomic E-state index is 13.0. The number of aryl methyl sites for hydroxylation is 2. The minimum atomic E-state index is -0.396. The van der Waals surface area contributed by atoms with Crippen LogP contribution in [0.4, 0.5) is 0 Å². The lowest BCUT2D eigenvalue weighted by molar-refractivity contribution is 0.0376. The van der Waals surface area contributed by atoms with Crippen LogP contribution in [0.2, 0.25) is 0 Å². The number of amides is 1. The van der Waals surface area contributed by atoms with E-state index in [1.807, 2.05) is 17.9 Å². The predicted molar refractivity (Wildman–Crippen MR) is 103 cm³/mol. The van der Waals surface area contributed by atoms with Gasteiger partial charge in [0.2, 0.25) is 0 Å². The van der Waals surface area contributed by atoms with Crippen molar-refractivity contribution in [3.8, 4) is 0 Å². The summed E-state index contributed by atoms with van der Waals surface area (Å²) in [5, 5.41) is 3.91. The average Bonchev–Trinajstić information content (AvgIpc) is 3.16. The highest BCUT2D eigenvalue weighted by molar-refractivity contribution is 6.00. The van der Waals surface area contributed by atoms with Gasteiger partial charge in [-0.1, -0.05) is 5.16 Å². The molecule has 1 aliphatic heterocycles. The summed E-state index contributed by atoms with van der Waals surface area (Å²) in [6.07, 6.45) is -0.207. The van der Waals surface area contributed by atoms with E-state index in [-0.39, 0.29) is 12.0 Å². The highest BCUT2D eigenvalue weighted by Gasteiger charge is 2.28. The van der Waals surface area contributed by atoms with Crippen molar-refractivity contribution in [1.29, 1.82) is 0 Å². The van der Waals surface area contributed by atoms with Crippen LogP contribution in [-0.2, 0) is 11.3 Å². The first-order chi connectivity index (χ1) is 13.3. The first-order valence-corrected chi connectivity index (χ1v) is 9.60. The second-order valence-electron chi connectivity index (χ2n) is 7.58. The molecule has 0 aromatic carbocycles. The van der Waals surface area contributed by atoms with E-state index < -0.39 is 5.97 Å². The van der Waals surface area contributed by atoms with E-state index in [0.717, 1.165) is 24.5 Å². The number of piperazine rings is 1. The molecule has 8 heteroatoms. The van der Waals surface area contributed by atoms with Gasteiger partial charge in [-0.25, -0.2) is 4.79 Å². The van der Waals surface area contributed by atoms with Crippen molar-refractivity contribution in [3.05, 3.63) is 40.0 Å². The number of ether oxygens (including phenoxy) is 1. The van der Waals surface area contributed by atoms with Crippen molar-refractivity contribution in [1.82, 2.24) is 19.9 Å². The summed E-state index contributed by atoms with van der Waals surface area (Å²) in [5.74, 6) is 0.355. The Morgan fingerprint density at radius 3 is 2.46 bits per heavy atom. The van der Waals surface area contributed by atoms with E-state index in [4.69, 9.17) is 9.26 Å². The molecule has 1 amide bonds. The van der Waals surface area contributed by atoms with E-state index in [2.05, 4.69) is 15.0 Å². The van der Waals surface area contributed by atoms with Crippen molar-refractivity contribution in [3.63, 3.8) is 0 Å². The molecule has 0 bridgehead atoms. The first kappa shape index (κ1) is 20.1. The number of aromatic amines is 1. The smallest absolute Gasteiger partial charge is 0.340 e. The van der Waals surface area contributed by atoms with E-state index >= 15 is 0 Å². The quantitative estimate of drug-likeness (QED) is 0.791. The van der Waals surface area contributed by atoms with Crippen LogP contribution in [0, 0.1) is 20.8 Å². The molecule has 2 aromatic rings. The number of nitrogens with one attached hydrogen (secondary N) is 1. The van der Waals surface area contributed by atoms with Gasteiger partial charge in [0.05, 0.1) is 23.9 Å². The monoisotopic (exact) mass is 388 g/mol. The Morgan fingerprint density at radius 2 is 1.89 bits per heavy atom. The minimum absolute atomic E-state index is 0.0839. The number of carbonyl (C=O) groups is 2. The molecule has 2 aromatic heterocycles. The van der Waals surface area contributed by atoms with Crippen LogP contribution in [-0.4, -0.2) is 64.1 Å². The lowest BCUT2D eigenvalue weighted by atomic mass is 10.1. The SMILES string of the molecule is Cc1cc(CN2CCN(C(=O)c3[nH]c(C)c(C(=O)OC(C)C)c3C)CC2)on1. The second kappa shape index (κ2) is 8.18. The number of hydrogen-bond donors (Lipinski definition) is 1. The number of aromatic nitrogens is 2. The van der Waals surface area contributed by atoms with Gasteiger partial charge in [0.1, 0.15) is 5.69 Å². The van der Waals surface area contributed by atoms with Crippen molar-refractivity contribution in [2.24, 2.45) is 0 Å². The van der Waals surface area contributed by atoms with E-state index in [1.165, 1.54) is 0 Å². The van der Waals surface area contributed by atoms with Gasteiger partial charge < -0.3 is 19.1 Å². The Bertz CT molecular complexity index is 860. The molecule has 1 N–H and O–H groups in total. The number of carbonyl (C=O) groups excluding carboxylic acids is 2. The zero-order chi connectivity index (χ0) is 20.4. The number of hydrogen-bond acceptors (Lipinski definition) is 6. The van der Waals surface area contributed by atoms with Crippen LogP contribution in [0.15, 0.2) is 10.6 Å². The zero-order valence-corrected chi connectivity index (χ0v) is 17.2. The molecular formula is C20H28N4O4. The van der Waals surface area contributed by atoms with Crippen LogP contribution in [0.1, 0.15) is 57.4 Å². The Hall–Kier alpha value is -2.61. The Labute approximate surface area is 164 Å². The standard InChI is InChI=1S/C20H28N4O4/c1-12(2)27-20(26)17-14(4)18(21-15(17)5)19(25)24-8-6-23(7-9-24)11-16-10-13(3)22-28-16/h10,12,21H,6-9,11H2,1-5H3. The molecule has 0 radical (unpaired) electrons. The molecular weight excluding hydrogens is 360 g/mol. The third-order valence-electron chi connectivity index (χ3n) is 4.91. The molecule has 1 fully saturated rings. The molecule has 0 aliphatic carbocycles. The summed E-state index contributed by atoms with van der Waals surface area (Å²) in [4.78, 5) is 32.5. The molecule has 8 nitrogen and oxygen atoms in total. The van der Waals surface area contributed by atoms with Crippen LogP contribution in [0.3, 0.4) is 0 Å². The number of H-pyrrole nitrogens is 1. The van der Waals surface area contributed by atoms with E-state index in [0.29, 0.717) is 42.1 Å². The highest BCUT2D eigenvalue weighted by Crippen LogP contribution is 2.22. The maximum Gasteiger partial charge on any atom is 0.340 e. The summed E-state index contributed by atoms with van der Waals surface area (Å²) < 4.78 is 10.6. The second-order valence-corrected chi connectivity index (χ2v) is 7.58. The molecule has 0 saturated carbocycles. The molecule has 0 atom stereocenters. The minimum Gasteiger partial charge on any atom is -0.459 e. The summed E-state index contributed by atoms with van der Waals surface area (Å²) in [5.41, 5.74) is 3.09. The normalized spacial score (nSPS) is 15.3. The number of nitrogens with zero attached hydrogens (tertiary/aromatic N) is 3. The van der Waals surface area contributed by atoms with Crippen molar-refractivity contribution >= 4 is 11.9 Å². The molecule has 0 spiro atoms.